The predicted octanol–water partition coefficient (Wildman–Crippen LogP) is 3.22. The van der Waals surface area contributed by atoms with Crippen molar-refractivity contribution in [1.29, 1.82) is 0 Å². The molecular weight excluding hydrogens is 444 g/mol. The summed E-state index contributed by atoms with van der Waals surface area (Å²) in [5.41, 5.74) is 1.52. The fourth-order valence-electron chi connectivity index (χ4n) is 3.75. The van der Waals surface area contributed by atoms with E-state index in [4.69, 9.17) is 14.0 Å². The van der Waals surface area contributed by atoms with Crippen molar-refractivity contribution in [2.45, 2.75) is 25.2 Å². The monoisotopic (exact) mass is 472 g/mol. The fraction of sp³-hybridized carbons (Fsp3) is 0.391. The molecule has 2 heterocycles. The summed E-state index contributed by atoms with van der Waals surface area (Å²) in [6.45, 7) is 6.18. The number of aryl methyl sites for hydroxylation is 1. The molecule has 0 radical (unpaired) electrons. The third-order valence-corrected chi connectivity index (χ3v) is 7.47. The van der Waals surface area contributed by atoms with Crippen molar-refractivity contribution >= 4 is 15.7 Å². The highest BCUT2D eigenvalue weighted by Gasteiger charge is 2.30. The lowest BCUT2D eigenvalue weighted by molar-refractivity contribution is 0.338. The van der Waals surface area contributed by atoms with Crippen LogP contribution in [0.1, 0.15) is 19.7 Å². The first-order chi connectivity index (χ1) is 16.0. The molecule has 0 unspecified atom stereocenters. The fourth-order valence-corrected chi connectivity index (χ4v) is 5.20. The highest BCUT2D eigenvalue weighted by atomic mass is 32.2. The summed E-state index contributed by atoms with van der Waals surface area (Å²) in [6, 6.07) is 12.5. The molecule has 0 aliphatic carbocycles. The number of ether oxygens (including phenoxy) is 2. The van der Waals surface area contributed by atoms with E-state index in [1.807, 2.05) is 38.1 Å². The Hall–Kier alpha value is -3.11. The standard InChI is InChI=1S/C23H28N4O5S/c1-4-22-24-23(32-25-22)20-16-19(10-11-21(20)31-5-2)33(28,29)27-14-12-26(13-15-27)17-6-8-18(30-3)9-7-17/h6-11,16H,4-5,12-15H2,1-3H3. The Labute approximate surface area is 194 Å². The highest BCUT2D eigenvalue weighted by molar-refractivity contribution is 7.89. The molecule has 176 valence electrons. The van der Waals surface area contributed by atoms with Crippen LogP contribution < -0.4 is 14.4 Å². The first kappa shape index (κ1) is 23.1. The maximum Gasteiger partial charge on any atom is 0.261 e. The Bertz CT molecular complexity index is 1190. The van der Waals surface area contributed by atoms with E-state index in [2.05, 4.69) is 15.0 Å². The number of anilines is 1. The lowest BCUT2D eigenvalue weighted by atomic mass is 10.2. The lowest BCUT2D eigenvalue weighted by Gasteiger charge is -2.35. The van der Waals surface area contributed by atoms with Crippen molar-refractivity contribution in [1.82, 2.24) is 14.4 Å². The summed E-state index contributed by atoms with van der Waals surface area (Å²) in [4.78, 5) is 6.69. The molecule has 33 heavy (non-hydrogen) atoms. The first-order valence-corrected chi connectivity index (χ1v) is 12.4. The van der Waals surface area contributed by atoms with Crippen LogP contribution in [0.15, 0.2) is 51.9 Å². The normalized spacial score (nSPS) is 14.9. The van der Waals surface area contributed by atoms with E-state index in [0.717, 1.165) is 11.4 Å². The lowest BCUT2D eigenvalue weighted by Crippen LogP contribution is -2.48. The second kappa shape index (κ2) is 9.80. The van der Waals surface area contributed by atoms with E-state index in [0.29, 0.717) is 56.3 Å². The Kier molecular flexibility index (Phi) is 6.85. The van der Waals surface area contributed by atoms with E-state index in [9.17, 15) is 8.42 Å². The molecule has 1 aliphatic heterocycles. The summed E-state index contributed by atoms with van der Waals surface area (Å²) in [5.74, 6) is 2.10. The second-order valence-corrected chi connectivity index (χ2v) is 9.49. The van der Waals surface area contributed by atoms with E-state index in [1.165, 1.54) is 4.31 Å². The molecule has 0 bridgehead atoms. The molecule has 0 spiro atoms. The van der Waals surface area contributed by atoms with Crippen molar-refractivity contribution in [3.05, 3.63) is 48.3 Å². The van der Waals surface area contributed by atoms with Gasteiger partial charge in [0.1, 0.15) is 11.5 Å². The maximum atomic E-state index is 13.4. The van der Waals surface area contributed by atoms with Gasteiger partial charge in [-0.15, -0.1) is 0 Å². The number of sulfonamides is 1. The van der Waals surface area contributed by atoms with Gasteiger partial charge < -0.3 is 18.9 Å². The zero-order chi connectivity index (χ0) is 23.4. The van der Waals surface area contributed by atoms with Crippen LogP contribution in [-0.2, 0) is 16.4 Å². The van der Waals surface area contributed by atoms with Gasteiger partial charge >= 0.3 is 0 Å². The molecule has 3 aromatic rings. The molecule has 4 rings (SSSR count). The van der Waals surface area contributed by atoms with Crippen molar-refractivity contribution < 1.29 is 22.4 Å². The average molecular weight is 473 g/mol. The molecule has 0 atom stereocenters. The number of piperazine rings is 1. The third-order valence-electron chi connectivity index (χ3n) is 5.58. The van der Waals surface area contributed by atoms with E-state index < -0.39 is 10.0 Å². The molecule has 0 saturated carbocycles. The van der Waals surface area contributed by atoms with E-state index in [1.54, 1.807) is 25.3 Å². The second-order valence-electron chi connectivity index (χ2n) is 7.55. The van der Waals surface area contributed by atoms with Gasteiger partial charge in [-0.3, -0.25) is 0 Å². The van der Waals surface area contributed by atoms with E-state index >= 15 is 0 Å². The van der Waals surface area contributed by atoms with Gasteiger partial charge in [-0.1, -0.05) is 12.1 Å². The summed E-state index contributed by atoms with van der Waals surface area (Å²) >= 11 is 0. The minimum atomic E-state index is -3.70. The average Bonchev–Trinajstić information content (AvgIpc) is 3.34. The summed E-state index contributed by atoms with van der Waals surface area (Å²) in [7, 11) is -2.07. The minimum absolute atomic E-state index is 0.176. The molecule has 2 aromatic carbocycles. The number of aromatic nitrogens is 2. The molecule has 9 nitrogen and oxygen atoms in total. The Balaban J connectivity index is 1.55. The Morgan fingerprint density at radius 2 is 1.76 bits per heavy atom. The van der Waals surface area contributed by atoms with Crippen molar-refractivity contribution in [3.8, 4) is 23.0 Å². The van der Waals surface area contributed by atoms with Gasteiger partial charge in [0.05, 0.1) is 24.2 Å². The van der Waals surface area contributed by atoms with Gasteiger partial charge in [0.15, 0.2) is 5.82 Å². The number of rotatable bonds is 8. The Morgan fingerprint density at radius 3 is 2.36 bits per heavy atom. The number of methoxy groups -OCH3 is 1. The van der Waals surface area contributed by atoms with Crippen LogP contribution in [0.4, 0.5) is 5.69 Å². The van der Waals surface area contributed by atoms with Gasteiger partial charge in [-0.25, -0.2) is 8.42 Å². The molecule has 0 N–H and O–H groups in total. The van der Waals surface area contributed by atoms with Gasteiger partial charge in [0.25, 0.3) is 5.89 Å². The van der Waals surface area contributed by atoms with Crippen molar-refractivity contribution in [2.24, 2.45) is 0 Å². The topological polar surface area (TPSA) is 98.0 Å². The quantitative estimate of drug-likeness (QED) is 0.493. The van der Waals surface area contributed by atoms with Gasteiger partial charge in [0, 0.05) is 38.3 Å². The molecular formula is C23H28N4O5S. The van der Waals surface area contributed by atoms with Crippen LogP contribution in [0, 0.1) is 0 Å². The molecule has 1 aromatic heterocycles. The molecule has 10 heteroatoms. The summed E-state index contributed by atoms with van der Waals surface area (Å²) < 4.78 is 44.6. The van der Waals surface area contributed by atoms with Gasteiger partial charge in [-0.05, 0) is 49.4 Å². The van der Waals surface area contributed by atoms with Gasteiger partial charge in [0.2, 0.25) is 10.0 Å². The van der Waals surface area contributed by atoms with Crippen LogP contribution in [0.2, 0.25) is 0 Å². The zero-order valence-corrected chi connectivity index (χ0v) is 19.8. The van der Waals surface area contributed by atoms with Crippen LogP contribution in [0.5, 0.6) is 11.5 Å². The van der Waals surface area contributed by atoms with E-state index in [-0.39, 0.29) is 10.8 Å². The number of nitrogens with zero attached hydrogens (tertiary/aromatic N) is 4. The number of benzene rings is 2. The molecule has 1 fully saturated rings. The van der Waals surface area contributed by atoms with Gasteiger partial charge in [-0.2, -0.15) is 9.29 Å². The zero-order valence-electron chi connectivity index (χ0n) is 19.0. The maximum absolute atomic E-state index is 13.4. The minimum Gasteiger partial charge on any atom is -0.497 e. The summed E-state index contributed by atoms with van der Waals surface area (Å²) in [6.07, 6.45) is 0.615. The van der Waals surface area contributed by atoms with Crippen molar-refractivity contribution in [2.75, 3.05) is 44.8 Å². The third kappa shape index (κ3) is 4.81. The summed E-state index contributed by atoms with van der Waals surface area (Å²) in [5, 5.41) is 3.93. The van der Waals surface area contributed by atoms with Crippen molar-refractivity contribution in [3.63, 3.8) is 0 Å². The highest BCUT2D eigenvalue weighted by Crippen LogP contribution is 2.33. The SMILES string of the molecule is CCOc1ccc(S(=O)(=O)N2CCN(c3ccc(OC)cc3)CC2)cc1-c1nc(CC)no1. The number of hydrogen-bond donors (Lipinski definition) is 0. The molecule has 1 aliphatic rings. The Morgan fingerprint density at radius 1 is 1.03 bits per heavy atom. The first-order valence-electron chi connectivity index (χ1n) is 10.9. The molecule has 0 amide bonds. The predicted molar refractivity (Wildman–Crippen MR) is 124 cm³/mol. The smallest absolute Gasteiger partial charge is 0.261 e. The van der Waals surface area contributed by atoms with Crippen LogP contribution in [0.25, 0.3) is 11.5 Å². The van der Waals surface area contributed by atoms with Crippen LogP contribution in [0.3, 0.4) is 0 Å². The number of hydrogen-bond acceptors (Lipinski definition) is 8. The van der Waals surface area contributed by atoms with Crippen LogP contribution >= 0.6 is 0 Å². The largest absolute Gasteiger partial charge is 0.497 e. The van der Waals surface area contributed by atoms with Crippen LogP contribution in [-0.4, -0.2) is 62.8 Å². The molecule has 1 saturated heterocycles.